The standard InChI is InChI=1S/C16H13N3O2/c17-11-13(14-8-4-5-9-18-14)10-15(20)19-16(21)12-6-2-1-3-7-12/h1-9,13H,10H2,(H,19,20,21). The van der Waals surface area contributed by atoms with E-state index in [0.717, 1.165) is 0 Å². The summed E-state index contributed by atoms with van der Waals surface area (Å²) in [6.45, 7) is 0. The topological polar surface area (TPSA) is 82.9 Å². The van der Waals surface area contributed by atoms with Crippen LogP contribution in [0.3, 0.4) is 0 Å². The van der Waals surface area contributed by atoms with Gasteiger partial charge in [0.1, 0.15) is 0 Å². The quantitative estimate of drug-likeness (QED) is 0.928. The van der Waals surface area contributed by atoms with Crippen LogP contribution in [0.25, 0.3) is 0 Å². The van der Waals surface area contributed by atoms with Gasteiger partial charge in [0.2, 0.25) is 5.91 Å². The van der Waals surface area contributed by atoms with E-state index in [1.165, 1.54) is 0 Å². The molecular weight excluding hydrogens is 266 g/mol. The molecule has 1 N–H and O–H groups in total. The van der Waals surface area contributed by atoms with Crippen molar-refractivity contribution in [2.24, 2.45) is 0 Å². The number of benzene rings is 1. The fraction of sp³-hybridized carbons (Fsp3) is 0.125. The minimum atomic E-state index is -0.672. The van der Waals surface area contributed by atoms with Crippen molar-refractivity contribution in [2.75, 3.05) is 0 Å². The smallest absolute Gasteiger partial charge is 0.257 e. The first-order valence-corrected chi connectivity index (χ1v) is 6.40. The van der Waals surface area contributed by atoms with Gasteiger partial charge in [0.05, 0.1) is 17.7 Å². The maximum absolute atomic E-state index is 11.9. The molecule has 0 saturated heterocycles. The Morgan fingerprint density at radius 2 is 1.86 bits per heavy atom. The summed E-state index contributed by atoms with van der Waals surface area (Å²) in [6.07, 6.45) is 1.46. The molecule has 5 nitrogen and oxygen atoms in total. The third kappa shape index (κ3) is 3.98. The van der Waals surface area contributed by atoms with Gasteiger partial charge in [0.25, 0.3) is 5.91 Å². The molecule has 2 aromatic rings. The second-order valence-electron chi connectivity index (χ2n) is 4.38. The molecule has 1 heterocycles. The SMILES string of the molecule is N#CC(CC(=O)NC(=O)c1ccccc1)c1ccccn1. The van der Waals surface area contributed by atoms with E-state index in [1.807, 2.05) is 6.07 Å². The van der Waals surface area contributed by atoms with Gasteiger partial charge in [-0.1, -0.05) is 24.3 Å². The number of nitrogens with one attached hydrogen (secondary N) is 1. The number of imide groups is 1. The minimum Gasteiger partial charge on any atom is -0.292 e. The first kappa shape index (κ1) is 14.4. The third-order valence-electron chi connectivity index (χ3n) is 2.88. The number of rotatable bonds is 4. The zero-order valence-corrected chi connectivity index (χ0v) is 11.2. The van der Waals surface area contributed by atoms with Crippen LogP contribution in [0.5, 0.6) is 0 Å². The van der Waals surface area contributed by atoms with Gasteiger partial charge in [0, 0.05) is 18.2 Å². The molecule has 2 amide bonds. The number of nitriles is 1. The summed E-state index contributed by atoms with van der Waals surface area (Å²) in [6, 6.07) is 15.6. The maximum Gasteiger partial charge on any atom is 0.257 e. The first-order valence-electron chi connectivity index (χ1n) is 6.40. The Hall–Kier alpha value is -3.00. The molecule has 104 valence electrons. The van der Waals surface area contributed by atoms with Crippen molar-refractivity contribution in [1.29, 1.82) is 5.26 Å². The maximum atomic E-state index is 11.9. The zero-order chi connectivity index (χ0) is 15.1. The molecule has 1 unspecified atom stereocenters. The Balaban J connectivity index is 1.98. The monoisotopic (exact) mass is 279 g/mol. The number of hydrogen-bond donors (Lipinski definition) is 1. The number of aromatic nitrogens is 1. The highest BCUT2D eigenvalue weighted by atomic mass is 16.2. The molecule has 0 aliphatic heterocycles. The van der Waals surface area contributed by atoms with Crippen LogP contribution in [-0.4, -0.2) is 16.8 Å². The Morgan fingerprint density at radius 1 is 1.14 bits per heavy atom. The van der Waals surface area contributed by atoms with Crippen molar-refractivity contribution < 1.29 is 9.59 Å². The van der Waals surface area contributed by atoms with Crippen LogP contribution in [0.1, 0.15) is 28.4 Å². The van der Waals surface area contributed by atoms with Crippen molar-refractivity contribution in [3.05, 3.63) is 66.0 Å². The molecule has 0 spiro atoms. The van der Waals surface area contributed by atoms with E-state index < -0.39 is 17.7 Å². The normalized spacial score (nSPS) is 11.2. The van der Waals surface area contributed by atoms with Gasteiger partial charge < -0.3 is 0 Å². The van der Waals surface area contributed by atoms with Crippen LogP contribution < -0.4 is 5.32 Å². The van der Waals surface area contributed by atoms with Crippen molar-refractivity contribution in [1.82, 2.24) is 10.3 Å². The average molecular weight is 279 g/mol. The molecule has 5 heteroatoms. The number of pyridine rings is 1. The highest BCUT2D eigenvalue weighted by Crippen LogP contribution is 2.15. The van der Waals surface area contributed by atoms with Gasteiger partial charge >= 0.3 is 0 Å². The van der Waals surface area contributed by atoms with Crippen LogP contribution in [0, 0.1) is 11.3 Å². The predicted octanol–water partition coefficient (Wildman–Crippen LogP) is 2.04. The molecule has 0 aliphatic carbocycles. The largest absolute Gasteiger partial charge is 0.292 e. The molecular formula is C16H13N3O2. The fourth-order valence-corrected chi connectivity index (χ4v) is 1.82. The minimum absolute atomic E-state index is 0.105. The Bertz CT molecular complexity index is 663. The highest BCUT2D eigenvalue weighted by molar-refractivity contribution is 6.04. The van der Waals surface area contributed by atoms with Gasteiger partial charge in [-0.3, -0.25) is 19.9 Å². The van der Waals surface area contributed by atoms with Crippen molar-refractivity contribution in [3.8, 4) is 6.07 Å². The van der Waals surface area contributed by atoms with Crippen LogP contribution in [0.15, 0.2) is 54.7 Å². The molecule has 0 radical (unpaired) electrons. The summed E-state index contributed by atoms with van der Waals surface area (Å²) in [5.41, 5.74) is 0.916. The molecule has 1 atom stereocenters. The number of nitrogens with zero attached hydrogens (tertiary/aromatic N) is 2. The Kier molecular flexibility index (Phi) is 4.78. The predicted molar refractivity (Wildman–Crippen MR) is 76.1 cm³/mol. The summed E-state index contributed by atoms with van der Waals surface area (Å²) in [4.78, 5) is 27.7. The average Bonchev–Trinajstić information content (AvgIpc) is 2.54. The Morgan fingerprint density at radius 3 is 2.48 bits per heavy atom. The first-order chi connectivity index (χ1) is 10.2. The lowest BCUT2D eigenvalue weighted by Gasteiger charge is -2.08. The molecule has 21 heavy (non-hydrogen) atoms. The highest BCUT2D eigenvalue weighted by Gasteiger charge is 2.18. The van der Waals surface area contributed by atoms with Gasteiger partial charge in [0.15, 0.2) is 0 Å². The molecule has 0 fully saturated rings. The van der Waals surface area contributed by atoms with Gasteiger partial charge in [-0.25, -0.2) is 0 Å². The van der Waals surface area contributed by atoms with E-state index in [9.17, 15) is 9.59 Å². The van der Waals surface area contributed by atoms with Gasteiger partial charge in [-0.05, 0) is 24.3 Å². The van der Waals surface area contributed by atoms with E-state index in [-0.39, 0.29) is 6.42 Å². The summed E-state index contributed by atoms with van der Waals surface area (Å²) in [5, 5.41) is 11.4. The van der Waals surface area contributed by atoms with Crippen molar-refractivity contribution in [2.45, 2.75) is 12.3 Å². The number of hydrogen-bond acceptors (Lipinski definition) is 4. The van der Waals surface area contributed by atoms with E-state index in [0.29, 0.717) is 11.3 Å². The molecule has 0 saturated carbocycles. The van der Waals surface area contributed by atoms with E-state index in [4.69, 9.17) is 5.26 Å². The number of carbonyl (C=O) groups is 2. The van der Waals surface area contributed by atoms with Crippen molar-refractivity contribution in [3.63, 3.8) is 0 Å². The van der Waals surface area contributed by atoms with Gasteiger partial charge in [-0.15, -0.1) is 0 Å². The van der Waals surface area contributed by atoms with E-state index >= 15 is 0 Å². The van der Waals surface area contributed by atoms with Crippen LogP contribution in [0.4, 0.5) is 0 Å². The lowest BCUT2D eigenvalue weighted by Crippen LogP contribution is -2.31. The summed E-state index contributed by atoms with van der Waals surface area (Å²) in [7, 11) is 0. The van der Waals surface area contributed by atoms with E-state index in [2.05, 4.69) is 10.3 Å². The fourth-order valence-electron chi connectivity index (χ4n) is 1.82. The molecule has 2 rings (SSSR count). The molecule has 1 aromatic carbocycles. The number of carbonyl (C=O) groups excluding carboxylic acids is 2. The second kappa shape index (κ2) is 6.96. The van der Waals surface area contributed by atoms with E-state index in [1.54, 1.807) is 54.7 Å². The third-order valence-corrected chi connectivity index (χ3v) is 2.88. The lowest BCUT2D eigenvalue weighted by molar-refractivity contribution is -0.120. The van der Waals surface area contributed by atoms with Crippen LogP contribution in [-0.2, 0) is 4.79 Å². The molecule has 0 aliphatic rings. The molecule has 1 aromatic heterocycles. The van der Waals surface area contributed by atoms with Crippen LogP contribution >= 0.6 is 0 Å². The second-order valence-corrected chi connectivity index (χ2v) is 4.38. The summed E-state index contributed by atoms with van der Waals surface area (Å²) < 4.78 is 0. The summed E-state index contributed by atoms with van der Waals surface area (Å²) >= 11 is 0. The zero-order valence-electron chi connectivity index (χ0n) is 11.2. The summed E-state index contributed by atoms with van der Waals surface area (Å²) in [5.74, 6) is -1.64. The number of amides is 2. The van der Waals surface area contributed by atoms with Crippen molar-refractivity contribution >= 4 is 11.8 Å². The molecule has 0 bridgehead atoms. The Labute approximate surface area is 122 Å². The van der Waals surface area contributed by atoms with Crippen LogP contribution in [0.2, 0.25) is 0 Å². The van der Waals surface area contributed by atoms with Gasteiger partial charge in [-0.2, -0.15) is 5.26 Å². The lowest BCUT2D eigenvalue weighted by atomic mass is 10.0.